The van der Waals surface area contributed by atoms with E-state index in [0.29, 0.717) is 11.4 Å². The van der Waals surface area contributed by atoms with Crippen LogP contribution >= 0.6 is 11.6 Å². The zero-order valence-corrected chi connectivity index (χ0v) is 12.1. The van der Waals surface area contributed by atoms with Crippen molar-refractivity contribution < 1.29 is 9.59 Å². The number of benzene rings is 1. The van der Waals surface area contributed by atoms with Crippen molar-refractivity contribution in [2.45, 2.75) is 12.3 Å². The third-order valence-electron chi connectivity index (χ3n) is 3.55. The largest absolute Gasteiger partial charge is 0.351 e. The average molecular weight is 303 g/mol. The summed E-state index contributed by atoms with van der Waals surface area (Å²) in [5, 5.41) is 12.2. The molecule has 1 amide bonds. The molecule has 21 heavy (non-hydrogen) atoms. The summed E-state index contributed by atoms with van der Waals surface area (Å²) in [6.45, 7) is 3.72. The maximum absolute atomic E-state index is 12.3. The number of nitrogens with zero attached hydrogens (tertiary/aromatic N) is 1. The number of nitriles is 1. The molecule has 4 nitrogen and oxygen atoms in total. The Hall–Kier alpha value is -2.12. The average Bonchev–Trinajstić information content (AvgIpc) is 3.27. The lowest BCUT2D eigenvalue weighted by Gasteiger charge is -2.08. The highest BCUT2D eigenvalue weighted by Crippen LogP contribution is 2.49. The van der Waals surface area contributed by atoms with Crippen LogP contribution < -0.4 is 5.32 Å². The van der Waals surface area contributed by atoms with E-state index in [2.05, 4.69) is 11.9 Å². The summed E-state index contributed by atoms with van der Waals surface area (Å²) in [4.78, 5) is 24.0. The molecule has 1 aliphatic rings. The molecule has 0 aliphatic heterocycles. The molecule has 1 N–H and O–H groups in total. The van der Waals surface area contributed by atoms with E-state index in [9.17, 15) is 9.59 Å². The second kappa shape index (κ2) is 6.55. The van der Waals surface area contributed by atoms with E-state index < -0.39 is 11.8 Å². The number of ketones is 1. The number of carbonyl (C=O) groups is 2. The number of amides is 1. The van der Waals surface area contributed by atoms with Crippen molar-refractivity contribution in [1.82, 2.24) is 5.32 Å². The molecule has 1 aromatic carbocycles. The molecule has 5 heteroatoms. The fourth-order valence-corrected chi connectivity index (χ4v) is 2.45. The number of hydrogen-bond acceptors (Lipinski definition) is 3. The van der Waals surface area contributed by atoms with Crippen LogP contribution in [-0.2, 0) is 9.59 Å². The van der Waals surface area contributed by atoms with E-state index in [1.165, 1.54) is 6.08 Å². The van der Waals surface area contributed by atoms with E-state index >= 15 is 0 Å². The Morgan fingerprint density at radius 1 is 1.48 bits per heavy atom. The number of halogens is 1. The maximum Gasteiger partial charge on any atom is 0.245 e. The van der Waals surface area contributed by atoms with Gasteiger partial charge in [-0.15, -0.1) is 6.58 Å². The maximum atomic E-state index is 12.3. The lowest BCUT2D eigenvalue weighted by atomic mass is 9.98. The van der Waals surface area contributed by atoms with Gasteiger partial charge in [0, 0.05) is 17.5 Å². The third-order valence-corrected chi connectivity index (χ3v) is 3.80. The molecule has 0 heterocycles. The number of carbonyl (C=O) groups excluding carboxylic acids is 2. The summed E-state index contributed by atoms with van der Waals surface area (Å²) in [5.41, 5.74) is 1.01. The van der Waals surface area contributed by atoms with Crippen LogP contribution in [0.3, 0.4) is 0 Å². The molecular formula is C16H15ClN2O2. The zero-order chi connectivity index (χ0) is 15.4. The second-order valence-electron chi connectivity index (χ2n) is 5.00. The minimum Gasteiger partial charge on any atom is -0.351 e. The van der Waals surface area contributed by atoms with Gasteiger partial charge in [0.25, 0.3) is 0 Å². The Morgan fingerprint density at radius 2 is 2.14 bits per heavy atom. The lowest BCUT2D eigenvalue weighted by Crippen LogP contribution is -2.35. The highest BCUT2D eigenvalue weighted by molar-refractivity contribution is 6.30. The first kappa shape index (κ1) is 15.3. The first-order valence-corrected chi connectivity index (χ1v) is 7.03. The van der Waals surface area contributed by atoms with E-state index in [1.807, 2.05) is 12.1 Å². The summed E-state index contributed by atoms with van der Waals surface area (Å²) < 4.78 is 0. The van der Waals surface area contributed by atoms with Crippen LogP contribution in [0.5, 0.6) is 0 Å². The van der Waals surface area contributed by atoms with Gasteiger partial charge in [-0.3, -0.25) is 9.59 Å². The van der Waals surface area contributed by atoms with Crippen molar-refractivity contribution in [3.63, 3.8) is 0 Å². The number of Topliss-reactive ketones (excluding diaryl/α,β-unsaturated/α-hetero) is 1. The molecule has 1 saturated carbocycles. The van der Waals surface area contributed by atoms with Gasteiger partial charge in [0.2, 0.25) is 5.91 Å². The molecule has 3 atom stereocenters. The van der Waals surface area contributed by atoms with Crippen molar-refractivity contribution in [3.8, 4) is 6.07 Å². The lowest BCUT2D eigenvalue weighted by molar-refractivity contribution is -0.132. The Kier molecular flexibility index (Phi) is 4.77. The van der Waals surface area contributed by atoms with E-state index in [1.54, 1.807) is 18.2 Å². The Bertz CT molecular complexity index is 604. The van der Waals surface area contributed by atoms with Gasteiger partial charge in [0.05, 0.1) is 6.07 Å². The molecule has 0 saturated heterocycles. The van der Waals surface area contributed by atoms with Gasteiger partial charge in [-0.1, -0.05) is 29.8 Å². The van der Waals surface area contributed by atoms with Gasteiger partial charge >= 0.3 is 0 Å². The van der Waals surface area contributed by atoms with Crippen molar-refractivity contribution in [2.24, 2.45) is 11.8 Å². The fourth-order valence-electron chi connectivity index (χ4n) is 2.33. The summed E-state index contributed by atoms with van der Waals surface area (Å²) in [5.74, 6) is -2.28. The van der Waals surface area contributed by atoms with Crippen LogP contribution in [0.2, 0.25) is 5.02 Å². The van der Waals surface area contributed by atoms with Gasteiger partial charge in [0.15, 0.2) is 11.7 Å². The van der Waals surface area contributed by atoms with Crippen LogP contribution in [0, 0.1) is 23.2 Å². The first-order valence-electron chi connectivity index (χ1n) is 6.66. The highest BCUT2D eigenvalue weighted by Gasteiger charge is 2.47. The second-order valence-corrected chi connectivity index (χ2v) is 5.43. The standard InChI is InChI=1S/C16H15ClN2O2/c1-2-7-19-16(21)14(9-18)15(20)13-8-12(13)10-3-5-11(17)6-4-10/h2-6,12-14H,1,7-8H2,(H,19,21). The minimum atomic E-state index is -1.24. The number of hydrogen-bond donors (Lipinski definition) is 1. The predicted octanol–water partition coefficient (Wildman–Crippen LogP) is 2.45. The Labute approximate surface area is 128 Å². The van der Waals surface area contributed by atoms with Crippen molar-refractivity contribution in [3.05, 3.63) is 47.5 Å². The van der Waals surface area contributed by atoms with E-state index in [0.717, 1.165) is 5.56 Å². The molecule has 0 spiro atoms. The van der Waals surface area contributed by atoms with Gasteiger partial charge in [0.1, 0.15) is 0 Å². The Balaban J connectivity index is 2.01. The summed E-state index contributed by atoms with van der Waals surface area (Å²) in [7, 11) is 0. The van der Waals surface area contributed by atoms with Crippen LogP contribution in [0.4, 0.5) is 0 Å². The monoisotopic (exact) mass is 302 g/mol. The van der Waals surface area contributed by atoms with Gasteiger partial charge < -0.3 is 5.32 Å². The third kappa shape index (κ3) is 3.50. The molecule has 1 fully saturated rings. The molecular weight excluding hydrogens is 288 g/mol. The Morgan fingerprint density at radius 3 is 2.71 bits per heavy atom. The smallest absolute Gasteiger partial charge is 0.245 e. The number of nitrogens with one attached hydrogen (secondary N) is 1. The molecule has 0 bridgehead atoms. The van der Waals surface area contributed by atoms with Gasteiger partial charge in [-0.05, 0) is 30.0 Å². The normalized spacial score (nSPS) is 21.0. The van der Waals surface area contributed by atoms with Crippen molar-refractivity contribution in [2.75, 3.05) is 6.54 Å². The van der Waals surface area contributed by atoms with E-state index in [4.69, 9.17) is 16.9 Å². The van der Waals surface area contributed by atoms with Gasteiger partial charge in [-0.25, -0.2) is 0 Å². The topological polar surface area (TPSA) is 70.0 Å². The quantitative estimate of drug-likeness (QED) is 0.648. The molecule has 108 valence electrons. The summed E-state index contributed by atoms with van der Waals surface area (Å²) in [6.07, 6.45) is 2.18. The summed E-state index contributed by atoms with van der Waals surface area (Å²) >= 11 is 5.83. The molecule has 0 aromatic heterocycles. The van der Waals surface area contributed by atoms with Crippen LogP contribution in [-0.4, -0.2) is 18.2 Å². The SMILES string of the molecule is C=CCNC(=O)C(C#N)C(=O)C1CC1c1ccc(Cl)cc1. The van der Waals surface area contributed by atoms with Crippen molar-refractivity contribution in [1.29, 1.82) is 5.26 Å². The van der Waals surface area contributed by atoms with Crippen molar-refractivity contribution >= 4 is 23.3 Å². The summed E-state index contributed by atoms with van der Waals surface area (Å²) in [6, 6.07) is 9.09. The van der Waals surface area contributed by atoms with Crippen LogP contribution in [0.25, 0.3) is 0 Å². The molecule has 3 unspecified atom stereocenters. The molecule has 2 rings (SSSR count). The minimum absolute atomic E-state index is 0.0813. The van der Waals surface area contributed by atoms with Crippen LogP contribution in [0.1, 0.15) is 17.9 Å². The fraction of sp³-hybridized carbons (Fsp3) is 0.312. The highest BCUT2D eigenvalue weighted by atomic mass is 35.5. The first-order chi connectivity index (χ1) is 10.1. The molecule has 0 radical (unpaired) electrons. The predicted molar refractivity (Wildman–Crippen MR) is 79.6 cm³/mol. The van der Waals surface area contributed by atoms with Crippen LogP contribution in [0.15, 0.2) is 36.9 Å². The van der Waals surface area contributed by atoms with Gasteiger partial charge in [-0.2, -0.15) is 5.26 Å². The molecule has 1 aliphatic carbocycles. The number of rotatable bonds is 6. The molecule has 1 aromatic rings. The zero-order valence-electron chi connectivity index (χ0n) is 11.4. The van der Waals surface area contributed by atoms with E-state index in [-0.39, 0.29) is 24.2 Å².